The number of aliphatic hydroxyl groups is 1. The maximum atomic E-state index is 10.2. The molecule has 0 saturated carbocycles. The van der Waals surface area contributed by atoms with Crippen molar-refractivity contribution in [3.05, 3.63) is 65.9 Å². The van der Waals surface area contributed by atoms with Crippen LogP contribution in [-0.2, 0) is 6.42 Å². The van der Waals surface area contributed by atoms with Crippen molar-refractivity contribution in [2.24, 2.45) is 0 Å². The maximum absolute atomic E-state index is 10.2. The second-order valence-electron chi connectivity index (χ2n) is 4.57. The minimum Gasteiger partial charge on any atom is -0.508 e. The second kappa shape index (κ2) is 4.78. The van der Waals surface area contributed by atoms with Crippen molar-refractivity contribution >= 4 is 11.0 Å². The Morgan fingerprint density at radius 2 is 1.74 bits per heavy atom. The van der Waals surface area contributed by atoms with Crippen LogP contribution >= 0.6 is 0 Å². The van der Waals surface area contributed by atoms with Crippen molar-refractivity contribution in [2.45, 2.75) is 12.5 Å². The summed E-state index contributed by atoms with van der Waals surface area (Å²) in [5, 5.41) is 20.4. The Balaban J connectivity index is 1.83. The van der Waals surface area contributed by atoms with E-state index in [4.69, 9.17) is 4.42 Å². The van der Waals surface area contributed by atoms with Gasteiger partial charge in [0.2, 0.25) is 0 Å². The fourth-order valence-corrected chi connectivity index (χ4v) is 2.12. The zero-order valence-corrected chi connectivity index (χ0v) is 10.3. The van der Waals surface area contributed by atoms with Crippen molar-refractivity contribution in [3.63, 3.8) is 0 Å². The van der Waals surface area contributed by atoms with Gasteiger partial charge in [-0.25, -0.2) is 0 Å². The quantitative estimate of drug-likeness (QED) is 0.753. The summed E-state index contributed by atoms with van der Waals surface area (Å²) in [5.74, 6) is 0.788. The van der Waals surface area contributed by atoms with Crippen LogP contribution in [0.2, 0.25) is 0 Å². The number of phenols is 1. The highest BCUT2D eigenvalue weighted by Crippen LogP contribution is 2.26. The first-order chi connectivity index (χ1) is 9.22. The van der Waals surface area contributed by atoms with Gasteiger partial charge in [0.15, 0.2) is 0 Å². The van der Waals surface area contributed by atoms with E-state index >= 15 is 0 Å². The molecule has 3 aromatic rings. The Morgan fingerprint density at radius 3 is 2.47 bits per heavy atom. The molecule has 0 aliphatic rings. The summed E-state index contributed by atoms with van der Waals surface area (Å²) in [4.78, 5) is 0. The monoisotopic (exact) mass is 254 g/mol. The third-order valence-corrected chi connectivity index (χ3v) is 3.14. The highest BCUT2D eigenvalue weighted by atomic mass is 16.4. The zero-order valence-electron chi connectivity index (χ0n) is 10.3. The van der Waals surface area contributed by atoms with Crippen LogP contribution in [0, 0.1) is 0 Å². The molecular formula is C16H14O3. The molecule has 0 radical (unpaired) electrons. The molecule has 0 amide bonds. The zero-order chi connectivity index (χ0) is 13.2. The van der Waals surface area contributed by atoms with E-state index in [-0.39, 0.29) is 5.75 Å². The van der Waals surface area contributed by atoms with Crippen molar-refractivity contribution in [2.75, 3.05) is 0 Å². The fourth-order valence-electron chi connectivity index (χ4n) is 2.12. The van der Waals surface area contributed by atoms with Crippen LogP contribution in [0.3, 0.4) is 0 Å². The predicted molar refractivity (Wildman–Crippen MR) is 73.0 cm³/mol. The van der Waals surface area contributed by atoms with Gasteiger partial charge in [-0.15, -0.1) is 0 Å². The minimum absolute atomic E-state index is 0.224. The Hall–Kier alpha value is -2.26. The van der Waals surface area contributed by atoms with Crippen molar-refractivity contribution in [1.29, 1.82) is 0 Å². The highest BCUT2D eigenvalue weighted by molar-refractivity contribution is 5.77. The number of aliphatic hydroxyl groups excluding tert-OH is 1. The number of phenolic OH excluding ortho intramolecular Hbond substituents is 1. The Labute approximate surface area is 110 Å². The molecule has 0 aliphatic heterocycles. The van der Waals surface area contributed by atoms with Crippen LogP contribution < -0.4 is 0 Å². The van der Waals surface area contributed by atoms with E-state index in [1.807, 2.05) is 30.3 Å². The molecule has 3 rings (SSSR count). The van der Waals surface area contributed by atoms with Crippen molar-refractivity contribution in [3.8, 4) is 5.75 Å². The molecule has 0 saturated heterocycles. The summed E-state index contributed by atoms with van der Waals surface area (Å²) in [7, 11) is 0. The lowest BCUT2D eigenvalue weighted by atomic mass is 10.1. The molecule has 96 valence electrons. The topological polar surface area (TPSA) is 53.6 Å². The van der Waals surface area contributed by atoms with Crippen molar-refractivity contribution in [1.82, 2.24) is 0 Å². The van der Waals surface area contributed by atoms with Crippen LogP contribution in [0.15, 0.2) is 59.0 Å². The summed E-state index contributed by atoms with van der Waals surface area (Å²) in [6.07, 6.45) is -0.225. The number of fused-ring (bicyclic) bond motifs is 1. The third-order valence-electron chi connectivity index (χ3n) is 3.14. The van der Waals surface area contributed by atoms with Crippen LogP contribution in [0.25, 0.3) is 11.0 Å². The number of furan rings is 1. The lowest BCUT2D eigenvalue weighted by Gasteiger charge is -2.07. The third kappa shape index (κ3) is 2.46. The molecule has 2 aromatic carbocycles. The van der Waals surface area contributed by atoms with Crippen LogP contribution in [-0.4, -0.2) is 10.2 Å². The fraction of sp³-hybridized carbons (Fsp3) is 0.125. The van der Waals surface area contributed by atoms with Gasteiger partial charge in [-0.1, -0.05) is 30.3 Å². The largest absolute Gasteiger partial charge is 0.508 e. The summed E-state index contributed by atoms with van der Waals surface area (Å²) in [6, 6.07) is 16.3. The number of para-hydroxylation sites is 1. The van der Waals surface area contributed by atoms with Crippen LogP contribution in [0.5, 0.6) is 5.75 Å². The van der Waals surface area contributed by atoms with Gasteiger partial charge in [0.25, 0.3) is 0 Å². The number of hydrogen-bond acceptors (Lipinski definition) is 3. The van der Waals surface area contributed by atoms with Gasteiger partial charge in [0.05, 0.1) is 0 Å². The van der Waals surface area contributed by atoms with E-state index in [1.54, 1.807) is 24.3 Å². The molecule has 1 heterocycles. The lowest BCUT2D eigenvalue weighted by molar-refractivity contribution is 0.152. The minimum atomic E-state index is -0.683. The van der Waals surface area contributed by atoms with Crippen molar-refractivity contribution < 1.29 is 14.6 Å². The average Bonchev–Trinajstić information content (AvgIpc) is 2.85. The molecule has 19 heavy (non-hydrogen) atoms. The Bertz CT molecular complexity index is 650. The number of benzene rings is 2. The van der Waals surface area contributed by atoms with Gasteiger partial charge in [0, 0.05) is 11.8 Å². The molecule has 2 N–H and O–H groups in total. The van der Waals surface area contributed by atoms with Gasteiger partial charge >= 0.3 is 0 Å². The molecule has 3 heteroatoms. The van der Waals surface area contributed by atoms with Gasteiger partial charge < -0.3 is 14.6 Å². The molecule has 1 aromatic heterocycles. The number of hydrogen-bond donors (Lipinski definition) is 2. The van der Waals surface area contributed by atoms with Gasteiger partial charge in [-0.2, -0.15) is 0 Å². The molecule has 0 aliphatic carbocycles. The second-order valence-corrected chi connectivity index (χ2v) is 4.57. The summed E-state index contributed by atoms with van der Waals surface area (Å²) in [5.41, 5.74) is 1.73. The van der Waals surface area contributed by atoms with Crippen LogP contribution in [0.4, 0.5) is 0 Å². The summed E-state index contributed by atoms with van der Waals surface area (Å²) < 4.78 is 5.63. The molecule has 1 unspecified atom stereocenters. The molecule has 0 spiro atoms. The molecule has 0 bridgehead atoms. The SMILES string of the molecule is Oc1ccc(CC(O)c2cc3ccccc3o2)cc1. The lowest BCUT2D eigenvalue weighted by Crippen LogP contribution is -1.99. The first-order valence-electron chi connectivity index (χ1n) is 6.17. The molecule has 0 fully saturated rings. The van der Waals surface area contributed by atoms with E-state index < -0.39 is 6.10 Å². The first-order valence-corrected chi connectivity index (χ1v) is 6.17. The van der Waals surface area contributed by atoms with E-state index in [0.29, 0.717) is 12.2 Å². The normalized spacial score (nSPS) is 12.7. The van der Waals surface area contributed by atoms with E-state index in [0.717, 1.165) is 16.5 Å². The summed E-state index contributed by atoms with van der Waals surface area (Å²) >= 11 is 0. The Morgan fingerprint density at radius 1 is 1.00 bits per heavy atom. The standard InChI is InChI=1S/C16H14O3/c17-13-7-5-11(6-8-13)9-14(18)16-10-12-3-1-2-4-15(12)19-16/h1-8,10,14,17-18H,9H2. The highest BCUT2D eigenvalue weighted by Gasteiger charge is 2.13. The van der Waals surface area contributed by atoms with E-state index in [9.17, 15) is 10.2 Å². The molecule has 1 atom stereocenters. The first kappa shape index (κ1) is 11.8. The molecule has 3 nitrogen and oxygen atoms in total. The number of aromatic hydroxyl groups is 1. The predicted octanol–water partition coefficient (Wildman–Crippen LogP) is 3.41. The average molecular weight is 254 g/mol. The smallest absolute Gasteiger partial charge is 0.134 e. The molecular weight excluding hydrogens is 240 g/mol. The Kier molecular flexibility index (Phi) is 2.97. The summed E-state index contributed by atoms with van der Waals surface area (Å²) in [6.45, 7) is 0. The van der Waals surface area contributed by atoms with E-state index in [2.05, 4.69) is 0 Å². The van der Waals surface area contributed by atoms with Gasteiger partial charge in [-0.05, 0) is 29.8 Å². The van der Waals surface area contributed by atoms with Crippen LogP contribution in [0.1, 0.15) is 17.4 Å². The van der Waals surface area contributed by atoms with Gasteiger partial charge in [-0.3, -0.25) is 0 Å². The van der Waals surface area contributed by atoms with Gasteiger partial charge in [0.1, 0.15) is 23.2 Å². The van der Waals surface area contributed by atoms with E-state index in [1.165, 1.54) is 0 Å². The number of rotatable bonds is 3. The maximum Gasteiger partial charge on any atom is 0.134 e.